The molecule has 3 rings (SSSR count). The largest absolute Gasteiger partial charge is 0.356 e. The number of rotatable bonds is 8. The number of amides is 1. The lowest BCUT2D eigenvalue weighted by atomic mass is 10.1. The van der Waals surface area contributed by atoms with Gasteiger partial charge >= 0.3 is 0 Å². The van der Waals surface area contributed by atoms with Gasteiger partial charge in [-0.3, -0.25) is 4.79 Å². The number of nitrogens with zero attached hydrogens (tertiary/aromatic N) is 5. The molecule has 2 heterocycles. The fourth-order valence-corrected chi connectivity index (χ4v) is 3.63. The van der Waals surface area contributed by atoms with Crippen molar-refractivity contribution in [3.05, 3.63) is 48.0 Å². The van der Waals surface area contributed by atoms with E-state index in [-0.39, 0.29) is 5.91 Å². The SMILES string of the molecule is CCN(CC)c1ccc(N2CCN(C(=O)CCCc3ccccc3)CC2)nn1. The molecule has 0 aliphatic carbocycles. The highest BCUT2D eigenvalue weighted by Gasteiger charge is 2.22. The molecule has 0 unspecified atom stereocenters. The quantitative estimate of drug-likeness (QED) is 0.704. The zero-order valence-corrected chi connectivity index (χ0v) is 17.0. The van der Waals surface area contributed by atoms with Crippen LogP contribution in [0.3, 0.4) is 0 Å². The first-order valence-corrected chi connectivity index (χ1v) is 10.4. The Morgan fingerprint density at radius 3 is 2.29 bits per heavy atom. The van der Waals surface area contributed by atoms with E-state index in [1.807, 2.05) is 35.2 Å². The van der Waals surface area contributed by atoms with Crippen molar-refractivity contribution in [2.24, 2.45) is 0 Å². The number of carbonyl (C=O) groups excluding carboxylic acids is 1. The molecule has 0 N–H and O–H groups in total. The standard InChI is InChI=1S/C22H31N5O/c1-3-25(4-2)20-13-14-21(24-23-20)26-15-17-27(18-16-26)22(28)12-8-11-19-9-6-5-7-10-19/h5-7,9-10,13-14H,3-4,8,11-12,15-18H2,1-2H3. The second-order valence-electron chi connectivity index (χ2n) is 7.13. The molecular formula is C22H31N5O. The number of anilines is 2. The Labute approximate surface area is 168 Å². The van der Waals surface area contributed by atoms with Gasteiger partial charge in [-0.15, -0.1) is 10.2 Å². The van der Waals surface area contributed by atoms with E-state index in [1.165, 1.54) is 5.56 Å². The predicted octanol–water partition coefficient (Wildman–Crippen LogP) is 2.99. The molecule has 0 atom stereocenters. The van der Waals surface area contributed by atoms with Gasteiger partial charge in [0.05, 0.1) is 0 Å². The van der Waals surface area contributed by atoms with Crippen LogP contribution in [-0.2, 0) is 11.2 Å². The minimum Gasteiger partial charge on any atom is -0.356 e. The lowest BCUT2D eigenvalue weighted by molar-refractivity contribution is -0.131. The van der Waals surface area contributed by atoms with Crippen LogP contribution in [0, 0.1) is 0 Å². The van der Waals surface area contributed by atoms with Crippen molar-refractivity contribution in [3.63, 3.8) is 0 Å². The van der Waals surface area contributed by atoms with Crippen LogP contribution in [-0.4, -0.2) is 60.3 Å². The van der Waals surface area contributed by atoms with E-state index in [0.717, 1.165) is 63.7 Å². The molecule has 1 aromatic carbocycles. The Morgan fingerprint density at radius 1 is 0.964 bits per heavy atom. The summed E-state index contributed by atoms with van der Waals surface area (Å²) in [5.74, 6) is 2.08. The van der Waals surface area contributed by atoms with Crippen LogP contribution in [0.4, 0.5) is 11.6 Å². The third-order valence-corrected chi connectivity index (χ3v) is 5.38. The zero-order chi connectivity index (χ0) is 19.8. The number of aromatic nitrogens is 2. The topological polar surface area (TPSA) is 52.6 Å². The lowest BCUT2D eigenvalue weighted by Gasteiger charge is -2.35. The summed E-state index contributed by atoms with van der Waals surface area (Å²) in [5, 5.41) is 8.78. The van der Waals surface area contributed by atoms with Crippen molar-refractivity contribution < 1.29 is 4.79 Å². The first-order chi connectivity index (χ1) is 13.7. The molecule has 1 amide bonds. The molecule has 1 aromatic heterocycles. The van der Waals surface area contributed by atoms with E-state index in [0.29, 0.717) is 6.42 Å². The van der Waals surface area contributed by atoms with Crippen LogP contribution in [0.2, 0.25) is 0 Å². The third-order valence-electron chi connectivity index (χ3n) is 5.38. The molecule has 6 nitrogen and oxygen atoms in total. The van der Waals surface area contributed by atoms with Gasteiger partial charge in [-0.05, 0) is 44.4 Å². The Kier molecular flexibility index (Phi) is 7.23. The average molecular weight is 382 g/mol. The second-order valence-corrected chi connectivity index (χ2v) is 7.13. The highest BCUT2D eigenvalue weighted by molar-refractivity contribution is 5.76. The van der Waals surface area contributed by atoms with Crippen molar-refractivity contribution in [1.82, 2.24) is 15.1 Å². The molecular weight excluding hydrogens is 350 g/mol. The lowest BCUT2D eigenvalue weighted by Crippen LogP contribution is -2.49. The van der Waals surface area contributed by atoms with Crippen LogP contribution in [0.1, 0.15) is 32.3 Å². The van der Waals surface area contributed by atoms with E-state index in [1.54, 1.807) is 0 Å². The molecule has 1 aliphatic heterocycles. The van der Waals surface area contributed by atoms with Gasteiger partial charge in [0.15, 0.2) is 11.6 Å². The zero-order valence-electron chi connectivity index (χ0n) is 17.0. The van der Waals surface area contributed by atoms with Gasteiger partial charge in [0.2, 0.25) is 5.91 Å². The Morgan fingerprint density at radius 2 is 1.68 bits per heavy atom. The van der Waals surface area contributed by atoms with E-state index in [2.05, 4.69) is 46.0 Å². The normalized spacial score (nSPS) is 14.2. The molecule has 1 fully saturated rings. The van der Waals surface area contributed by atoms with Gasteiger partial charge in [-0.1, -0.05) is 30.3 Å². The molecule has 1 aliphatic rings. The summed E-state index contributed by atoms with van der Waals surface area (Å²) < 4.78 is 0. The molecule has 0 bridgehead atoms. The van der Waals surface area contributed by atoms with E-state index in [4.69, 9.17) is 0 Å². The summed E-state index contributed by atoms with van der Waals surface area (Å²) in [6.07, 6.45) is 2.48. The van der Waals surface area contributed by atoms with Crippen LogP contribution < -0.4 is 9.80 Å². The van der Waals surface area contributed by atoms with Crippen molar-refractivity contribution in [2.75, 3.05) is 49.1 Å². The van der Waals surface area contributed by atoms with E-state index < -0.39 is 0 Å². The molecule has 150 valence electrons. The smallest absolute Gasteiger partial charge is 0.222 e. The maximum atomic E-state index is 12.5. The molecule has 6 heteroatoms. The van der Waals surface area contributed by atoms with E-state index >= 15 is 0 Å². The van der Waals surface area contributed by atoms with Gasteiger partial charge in [0.25, 0.3) is 0 Å². The molecule has 0 radical (unpaired) electrons. The summed E-state index contributed by atoms with van der Waals surface area (Å²) >= 11 is 0. The van der Waals surface area contributed by atoms with Crippen molar-refractivity contribution in [3.8, 4) is 0 Å². The van der Waals surface area contributed by atoms with Crippen molar-refractivity contribution >= 4 is 17.5 Å². The third kappa shape index (κ3) is 5.21. The average Bonchev–Trinajstić information content (AvgIpc) is 2.76. The predicted molar refractivity (Wildman–Crippen MR) is 114 cm³/mol. The number of carbonyl (C=O) groups is 1. The Bertz CT molecular complexity index is 722. The number of benzene rings is 1. The number of piperazine rings is 1. The van der Waals surface area contributed by atoms with Crippen LogP contribution in [0.5, 0.6) is 0 Å². The number of hydrogen-bond donors (Lipinski definition) is 0. The van der Waals surface area contributed by atoms with Crippen LogP contribution in [0.25, 0.3) is 0 Å². The number of aryl methyl sites for hydroxylation is 1. The van der Waals surface area contributed by atoms with Gasteiger partial charge in [0, 0.05) is 45.7 Å². The molecule has 0 spiro atoms. The maximum Gasteiger partial charge on any atom is 0.222 e. The maximum absolute atomic E-state index is 12.5. The molecule has 28 heavy (non-hydrogen) atoms. The second kappa shape index (κ2) is 10.1. The Hall–Kier alpha value is -2.63. The van der Waals surface area contributed by atoms with Crippen LogP contribution >= 0.6 is 0 Å². The minimum absolute atomic E-state index is 0.263. The monoisotopic (exact) mass is 381 g/mol. The number of hydrogen-bond acceptors (Lipinski definition) is 5. The summed E-state index contributed by atoms with van der Waals surface area (Å²) in [6, 6.07) is 14.4. The highest BCUT2D eigenvalue weighted by Crippen LogP contribution is 2.17. The summed E-state index contributed by atoms with van der Waals surface area (Å²) in [7, 11) is 0. The molecule has 0 saturated carbocycles. The fourth-order valence-electron chi connectivity index (χ4n) is 3.63. The van der Waals surface area contributed by atoms with Gasteiger partial charge in [0.1, 0.15) is 0 Å². The van der Waals surface area contributed by atoms with E-state index in [9.17, 15) is 4.79 Å². The minimum atomic E-state index is 0.263. The highest BCUT2D eigenvalue weighted by atomic mass is 16.2. The Balaban J connectivity index is 1.44. The van der Waals surface area contributed by atoms with Gasteiger partial charge in [-0.2, -0.15) is 0 Å². The molecule has 2 aromatic rings. The molecule has 1 saturated heterocycles. The van der Waals surface area contributed by atoms with Gasteiger partial charge < -0.3 is 14.7 Å². The van der Waals surface area contributed by atoms with Crippen molar-refractivity contribution in [2.45, 2.75) is 33.1 Å². The first-order valence-electron chi connectivity index (χ1n) is 10.4. The van der Waals surface area contributed by atoms with Gasteiger partial charge in [-0.25, -0.2) is 0 Å². The first kappa shape index (κ1) is 20.1. The van der Waals surface area contributed by atoms with Crippen molar-refractivity contribution in [1.29, 1.82) is 0 Å². The summed E-state index contributed by atoms with van der Waals surface area (Å²) in [6.45, 7) is 9.22. The summed E-state index contributed by atoms with van der Waals surface area (Å²) in [5.41, 5.74) is 1.30. The summed E-state index contributed by atoms with van der Waals surface area (Å²) in [4.78, 5) is 18.9. The van der Waals surface area contributed by atoms with Crippen LogP contribution in [0.15, 0.2) is 42.5 Å². The fraction of sp³-hybridized carbons (Fsp3) is 0.500.